The molecule has 0 bridgehead atoms. The number of pyridine rings is 1. The number of aromatic hydroxyl groups is 1. The number of rotatable bonds is 4. The van der Waals surface area contributed by atoms with E-state index in [-0.39, 0.29) is 5.75 Å². The van der Waals surface area contributed by atoms with Crippen LogP contribution in [0.15, 0.2) is 61.2 Å². The molecule has 6 nitrogen and oxygen atoms in total. The van der Waals surface area contributed by atoms with Crippen molar-refractivity contribution in [2.45, 2.75) is 13.5 Å². The van der Waals surface area contributed by atoms with E-state index in [1.54, 1.807) is 30.6 Å². The summed E-state index contributed by atoms with van der Waals surface area (Å²) in [4.78, 5) is 13.1. The summed E-state index contributed by atoms with van der Waals surface area (Å²) in [6.07, 6.45) is 7.48. The van der Waals surface area contributed by atoms with Crippen molar-refractivity contribution in [3.05, 3.63) is 61.2 Å². The number of aromatic nitrogens is 4. The van der Waals surface area contributed by atoms with Crippen molar-refractivity contribution in [2.24, 2.45) is 0 Å². The highest BCUT2D eigenvalue weighted by atomic mass is 16.3. The van der Waals surface area contributed by atoms with E-state index in [1.807, 2.05) is 24.4 Å². The third-order valence-corrected chi connectivity index (χ3v) is 4.06. The van der Waals surface area contributed by atoms with Crippen LogP contribution >= 0.6 is 0 Å². The first kappa shape index (κ1) is 15.1. The lowest BCUT2D eigenvalue weighted by Gasteiger charge is -2.06. The van der Waals surface area contributed by atoms with Crippen LogP contribution < -0.4 is 5.32 Å². The molecule has 0 aliphatic rings. The fourth-order valence-corrected chi connectivity index (χ4v) is 2.89. The van der Waals surface area contributed by atoms with E-state index >= 15 is 0 Å². The smallest absolute Gasteiger partial charge is 0.227 e. The predicted molar refractivity (Wildman–Crippen MR) is 97.8 cm³/mol. The highest BCUT2D eigenvalue weighted by Gasteiger charge is 2.11. The Balaban J connectivity index is 1.75. The Morgan fingerprint density at radius 3 is 2.92 bits per heavy atom. The van der Waals surface area contributed by atoms with Crippen LogP contribution in [-0.2, 0) is 6.54 Å². The molecule has 4 aromatic rings. The number of aryl methyl sites for hydroxylation is 1. The molecule has 0 saturated heterocycles. The molecule has 0 radical (unpaired) electrons. The zero-order chi connectivity index (χ0) is 17.2. The Labute approximate surface area is 144 Å². The molecule has 3 heterocycles. The highest BCUT2D eigenvalue weighted by Crippen LogP contribution is 2.29. The van der Waals surface area contributed by atoms with Crippen molar-refractivity contribution >= 4 is 22.5 Å². The summed E-state index contributed by atoms with van der Waals surface area (Å²) in [7, 11) is 0. The maximum Gasteiger partial charge on any atom is 0.227 e. The average molecular weight is 331 g/mol. The van der Waals surface area contributed by atoms with Crippen molar-refractivity contribution in [3.8, 4) is 17.0 Å². The molecule has 6 heteroatoms. The van der Waals surface area contributed by atoms with E-state index in [9.17, 15) is 5.11 Å². The maximum absolute atomic E-state index is 9.58. The quantitative estimate of drug-likeness (QED) is 0.592. The van der Waals surface area contributed by atoms with E-state index < -0.39 is 0 Å². The molecule has 0 aliphatic heterocycles. The Kier molecular flexibility index (Phi) is 3.78. The summed E-state index contributed by atoms with van der Waals surface area (Å²) < 4.78 is 2.15. The molecule has 0 amide bonds. The number of hydrogen-bond acceptors (Lipinski definition) is 5. The Bertz CT molecular complexity index is 1040. The van der Waals surface area contributed by atoms with Gasteiger partial charge >= 0.3 is 0 Å². The van der Waals surface area contributed by atoms with Crippen molar-refractivity contribution in [2.75, 3.05) is 5.32 Å². The number of nitrogens with zero attached hydrogens (tertiary/aromatic N) is 4. The van der Waals surface area contributed by atoms with Crippen LogP contribution in [0.1, 0.15) is 6.92 Å². The van der Waals surface area contributed by atoms with Gasteiger partial charge in [0.15, 0.2) is 0 Å². The minimum Gasteiger partial charge on any atom is -0.508 e. The van der Waals surface area contributed by atoms with E-state index in [0.717, 1.165) is 34.4 Å². The van der Waals surface area contributed by atoms with E-state index in [1.165, 1.54) is 0 Å². The molecule has 0 unspecified atom stereocenters. The first-order valence-electron chi connectivity index (χ1n) is 8.07. The summed E-state index contributed by atoms with van der Waals surface area (Å²) in [5, 5.41) is 13.8. The standard InChI is InChI=1S/C19H17N5O/c1-2-24-12-16(15-6-8-20-11-18(15)24)17-7-9-21-19(23-17)22-13-4-3-5-14(25)10-13/h3-12,25H,2H2,1H3,(H,21,22,23). The number of benzene rings is 1. The third-order valence-electron chi connectivity index (χ3n) is 4.06. The second-order valence-corrected chi connectivity index (χ2v) is 5.66. The molecule has 124 valence electrons. The van der Waals surface area contributed by atoms with Gasteiger partial charge in [0.05, 0.1) is 17.4 Å². The van der Waals surface area contributed by atoms with Gasteiger partial charge in [-0.1, -0.05) is 6.07 Å². The maximum atomic E-state index is 9.58. The van der Waals surface area contributed by atoms with Crippen LogP contribution in [0.25, 0.3) is 22.2 Å². The molecule has 3 aromatic heterocycles. The normalized spacial score (nSPS) is 10.9. The van der Waals surface area contributed by atoms with Crippen LogP contribution in [0.3, 0.4) is 0 Å². The molecule has 0 fully saturated rings. The third kappa shape index (κ3) is 2.89. The van der Waals surface area contributed by atoms with Crippen LogP contribution in [0.4, 0.5) is 11.6 Å². The fraction of sp³-hybridized carbons (Fsp3) is 0.105. The highest BCUT2D eigenvalue weighted by molar-refractivity contribution is 5.94. The molecule has 0 atom stereocenters. The van der Waals surface area contributed by atoms with Crippen LogP contribution in [0.5, 0.6) is 5.75 Å². The summed E-state index contributed by atoms with van der Waals surface area (Å²) >= 11 is 0. The van der Waals surface area contributed by atoms with E-state index in [2.05, 4.69) is 38.0 Å². The molecule has 1 aromatic carbocycles. The average Bonchev–Trinajstić information content (AvgIpc) is 3.01. The summed E-state index contributed by atoms with van der Waals surface area (Å²) in [6.45, 7) is 2.97. The molecule has 2 N–H and O–H groups in total. The molecular formula is C19H17N5O. The number of hydrogen-bond donors (Lipinski definition) is 2. The topological polar surface area (TPSA) is 75.9 Å². The van der Waals surface area contributed by atoms with Gasteiger partial charge in [-0.05, 0) is 31.2 Å². The van der Waals surface area contributed by atoms with Crippen molar-refractivity contribution in [1.82, 2.24) is 19.5 Å². The first-order chi connectivity index (χ1) is 12.2. The van der Waals surface area contributed by atoms with Crippen molar-refractivity contribution in [3.63, 3.8) is 0 Å². The molecule has 25 heavy (non-hydrogen) atoms. The summed E-state index contributed by atoms with van der Waals surface area (Å²) in [6, 6.07) is 10.8. The molecule has 0 aliphatic carbocycles. The predicted octanol–water partition coefficient (Wildman–Crippen LogP) is 3.96. The van der Waals surface area contributed by atoms with E-state index in [0.29, 0.717) is 5.95 Å². The van der Waals surface area contributed by atoms with Crippen LogP contribution in [-0.4, -0.2) is 24.6 Å². The summed E-state index contributed by atoms with van der Waals surface area (Å²) in [5.74, 6) is 0.675. The van der Waals surface area contributed by atoms with Gasteiger partial charge in [0.2, 0.25) is 5.95 Å². The first-order valence-corrected chi connectivity index (χ1v) is 8.07. The second kappa shape index (κ2) is 6.24. The van der Waals surface area contributed by atoms with Gasteiger partial charge in [-0.3, -0.25) is 4.98 Å². The molecular weight excluding hydrogens is 314 g/mol. The largest absolute Gasteiger partial charge is 0.508 e. The lowest BCUT2D eigenvalue weighted by atomic mass is 10.1. The number of fused-ring (bicyclic) bond motifs is 1. The van der Waals surface area contributed by atoms with Gasteiger partial charge < -0.3 is 15.0 Å². The zero-order valence-corrected chi connectivity index (χ0v) is 13.7. The number of phenolic OH excluding ortho intramolecular Hbond substituents is 1. The van der Waals surface area contributed by atoms with Gasteiger partial charge in [-0.2, -0.15) is 0 Å². The van der Waals surface area contributed by atoms with Crippen LogP contribution in [0, 0.1) is 0 Å². The zero-order valence-electron chi connectivity index (χ0n) is 13.7. The Morgan fingerprint density at radius 1 is 1.16 bits per heavy atom. The van der Waals surface area contributed by atoms with Gasteiger partial charge in [0, 0.05) is 47.8 Å². The number of phenols is 1. The van der Waals surface area contributed by atoms with Crippen LogP contribution in [0.2, 0.25) is 0 Å². The summed E-state index contributed by atoms with van der Waals surface area (Å²) in [5.41, 5.74) is 3.69. The van der Waals surface area contributed by atoms with E-state index in [4.69, 9.17) is 0 Å². The van der Waals surface area contributed by atoms with Crippen molar-refractivity contribution < 1.29 is 5.11 Å². The monoisotopic (exact) mass is 331 g/mol. The van der Waals surface area contributed by atoms with Gasteiger partial charge in [-0.25, -0.2) is 9.97 Å². The minimum atomic E-state index is 0.194. The molecule has 0 spiro atoms. The van der Waals surface area contributed by atoms with Gasteiger partial charge in [0.25, 0.3) is 0 Å². The number of nitrogens with one attached hydrogen (secondary N) is 1. The fourth-order valence-electron chi connectivity index (χ4n) is 2.89. The molecule has 0 saturated carbocycles. The lowest BCUT2D eigenvalue weighted by molar-refractivity contribution is 0.475. The SMILES string of the molecule is CCn1cc(-c2ccnc(Nc3cccc(O)c3)n2)c2ccncc21. The Hall–Kier alpha value is -3.41. The minimum absolute atomic E-state index is 0.194. The lowest BCUT2D eigenvalue weighted by Crippen LogP contribution is -1.97. The second-order valence-electron chi connectivity index (χ2n) is 5.66. The van der Waals surface area contributed by atoms with Gasteiger partial charge in [0.1, 0.15) is 5.75 Å². The Morgan fingerprint density at radius 2 is 2.08 bits per heavy atom. The number of anilines is 2. The van der Waals surface area contributed by atoms with Crippen molar-refractivity contribution in [1.29, 1.82) is 0 Å². The molecule has 4 rings (SSSR count). The van der Waals surface area contributed by atoms with Gasteiger partial charge in [-0.15, -0.1) is 0 Å².